The summed E-state index contributed by atoms with van der Waals surface area (Å²) < 4.78 is 37.0. The average Bonchev–Trinajstić information content (AvgIpc) is 2.73. The molecular formula is C13H18F3NO2. The molecule has 3 nitrogen and oxygen atoms in total. The molecule has 0 radical (unpaired) electrons. The maximum absolute atomic E-state index is 12.3. The van der Waals surface area contributed by atoms with Gasteiger partial charge in [0, 0.05) is 24.9 Å². The quantitative estimate of drug-likeness (QED) is 0.778. The fraction of sp³-hybridized carbons (Fsp3) is 0.846. The summed E-state index contributed by atoms with van der Waals surface area (Å²) in [5.41, 5.74) is 0. The van der Waals surface area contributed by atoms with E-state index >= 15 is 0 Å². The lowest BCUT2D eigenvalue weighted by Crippen LogP contribution is -2.49. The van der Waals surface area contributed by atoms with Gasteiger partial charge in [-0.2, -0.15) is 13.2 Å². The standard InChI is InChI=1S/C13H18F3NO2/c14-13(15,16)8-12(19)17-7-2-1-5-10(17)9-4-3-6-11(9)18/h9-10H,1-8H2. The Hall–Kier alpha value is -1.07. The predicted molar refractivity (Wildman–Crippen MR) is 62.4 cm³/mol. The lowest BCUT2D eigenvalue weighted by molar-refractivity contribution is -0.165. The van der Waals surface area contributed by atoms with E-state index in [2.05, 4.69) is 0 Å². The smallest absolute Gasteiger partial charge is 0.339 e. The van der Waals surface area contributed by atoms with Crippen LogP contribution in [0.25, 0.3) is 0 Å². The van der Waals surface area contributed by atoms with E-state index in [9.17, 15) is 22.8 Å². The first kappa shape index (κ1) is 14.3. The average molecular weight is 277 g/mol. The minimum Gasteiger partial charge on any atom is -0.339 e. The largest absolute Gasteiger partial charge is 0.397 e. The Balaban J connectivity index is 2.07. The summed E-state index contributed by atoms with van der Waals surface area (Å²) in [4.78, 5) is 24.9. The van der Waals surface area contributed by atoms with E-state index in [-0.39, 0.29) is 17.7 Å². The van der Waals surface area contributed by atoms with E-state index in [0.29, 0.717) is 25.8 Å². The van der Waals surface area contributed by atoms with Gasteiger partial charge in [0.15, 0.2) is 0 Å². The van der Waals surface area contributed by atoms with Crippen LogP contribution < -0.4 is 0 Å². The third kappa shape index (κ3) is 3.48. The summed E-state index contributed by atoms with van der Waals surface area (Å²) >= 11 is 0. The molecule has 1 aliphatic heterocycles. The van der Waals surface area contributed by atoms with E-state index in [1.807, 2.05) is 0 Å². The van der Waals surface area contributed by atoms with Gasteiger partial charge in [0.25, 0.3) is 0 Å². The molecule has 1 saturated carbocycles. The highest BCUT2D eigenvalue weighted by molar-refractivity contribution is 5.85. The molecular weight excluding hydrogens is 259 g/mol. The highest BCUT2D eigenvalue weighted by Crippen LogP contribution is 2.34. The molecule has 19 heavy (non-hydrogen) atoms. The molecule has 1 heterocycles. The lowest BCUT2D eigenvalue weighted by atomic mass is 9.88. The molecule has 2 rings (SSSR count). The number of amides is 1. The van der Waals surface area contributed by atoms with Gasteiger partial charge >= 0.3 is 6.18 Å². The van der Waals surface area contributed by atoms with Gasteiger partial charge in [-0.3, -0.25) is 9.59 Å². The van der Waals surface area contributed by atoms with E-state index < -0.39 is 18.5 Å². The number of rotatable bonds is 2. The number of piperidine rings is 1. The van der Waals surface area contributed by atoms with Crippen molar-refractivity contribution in [3.8, 4) is 0 Å². The third-order valence-corrected chi connectivity index (χ3v) is 4.04. The topological polar surface area (TPSA) is 37.4 Å². The first-order chi connectivity index (χ1) is 8.88. The number of alkyl halides is 3. The fourth-order valence-electron chi connectivity index (χ4n) is 3.21. The molecule has 1 amide bonds. The van der Waals surface area contributed by atoms with E-state index in [0.717, 1.165) is 19.3 Å². The van der Waals surface area contributed by atoms with Gasteiger partial charge in [-0.25, -0.2) is 0 Å². The Morgan fingerprint density at radius 2 is 1.95 bits per heavy atom. The number of carbonyl (C=O) groups excluding carboxylic acids is 2. The maximum Gasteiger partial charge on any atom is 0.397 e. The van der Waals surface area contributed by atoms with E-state index in [4.69, 9.17) is 0 Å². The summed E-state index contributed by atoms with van der Waals surface area (Å²) in [6, 6.07) is -0.307. The summed E-state index contributed by atoms with van der Waals surface area (Å²) in [5, 5.41) is 0. The molecule has 108 valence electrons. The zero-order chi connectivity index (χ0) is 14.0. The maximum atomic E-state index is 12.3. The van der Waals surface area contributed by atoms with Crippen LogP contribution in [0.3, 0.4) is 0 Å². The van der Waals surface area contributed by atoms with Crippen molar-refractivity contribution in [2.24, 2.45) is 5.92 Å². The van der Waals surface area contributed by atoms with Crippen LogP contribution in [0.15, 0.2) is 0 Å². The van der Waals surface area contributed by atoms with E-state index in [1.54, 1.807) is 0 Å². The number of ketones is 1. The molecule has 2 atom stereocenters. The van der Waals surface area contributed by atoms with Gasteiger partial charge in [-0.15, -0.1) is 0 Å². The Morgan fingerprint density at radius 1 is 1.21 bits per heavy atom. The van der Waals surface area contributed by atoms with Gasteiger partial charge in [0.1, 0.15) is 12.2 Å². The van der Waals surface area contributed by atoms with Crippen molar-refractivity contribution in [1.29, 1.82) is 0 Å². The fourth-order valence-corrected chi connectivity index (χ4v) is 3.21. The first-order valence-corrected chi connectivity index (χ1v) is 6.77. The summed E-state index contributed by atoms with van der Waals surface area (Å²) in [6.07, 6.45) is -1.63. The molecule has 2 unspecified atom stereocenters. The molecule has 0 bridgehead atoms. The highest BCUT2D eigenvalue weighted by atomic mass is 19.4. The predicted octanol–water partition coefficient (Wildman–Crippen LogP) is 2.69. The van der Waals surface area contributed by atoms with E-state index in [1.165, 1.54) is 4.90 Å². The minimum atomic E-state index is -4.47. The van der Waals surface area contributed by atoms with Gasteiger partial charge in [0.2, 0.25) is 5.91 Å². The number of likely N-dealkylation sites (tertiary alicyclic amines) is 1. The van der Waals surface area contributed by atoms with Crippen molar-refractivity contribution >= 4 is 11.7 Å². The second-order valence-electron chi connectivity index (χ2n) is 5.41. The molecule has 0 aromatic carbocycles. The summed E-state index contributed by atoms with van der Waals surface area (Å²) in [5.74, 6) is -1.01. The van der Waals surface area contributed by atoms with Crippen LogP contribution in [0.5, 0.6) is 0 Å². The number of carbonyl (C=O) groups is 2. The van der Waals surface area contributed by atoms with Crippen molar-refractivity contribution in [2.75, 3.05) is 6.54 Å². The Morgan fingerprint density at radius 3 is 2.53 bits per heavy atom. The minimum absolute atomic E-state index is 0.108. The molecule has 2 fully saturated rings. The van der Waals surface area contributed by atoms with Crippen molar-refractivity contribution in [2.45, 2.75) is 57.2 Å². The van der Waals surface area contributed by atoms with Crippen LogP contribution >= 0.6 is 0 Å². The van der Waals surface area contributed by atoms with Gasteiger partial charge in [-0.05, 0) is 32.1 Å². The summed E-state index contributed by atoms with van der Waals surface area (Å²) in [6.45, 7) is 0.351. The second-order valence-corrected chi connectivity index (χ2v) is 5.41. The molecule has 2 aliphatic rings. The Kier molecular flexibility index (Phi) is 4.16. The van der Waals surface area contributed by atoms with Crippen LogP contribution in [0.2, 0.25) is 0 Å². The third-order valence-electron chi connectivity index (χ3n) is 4.04. The van der Waals surface area contributed by atoms with Crippen LogP contribution in [0, 0.1) is 5.92 Å². The van der Waals surface area contributed by atoms with Crippen molar-refractivity contribution in [3.63, 3.8) is 0 Å². The van der Waals surface area contributed by atoms with Crippen LogP contribution in [0.1, 0.15) is 44.9 Å². The van der Waals surface area contributed by atoms with Crippen LogP contribution in [-0.2, 0) is 9.59 Å². The summed E-state index contributed by atoms with van der Waals surface area (Å²) in [7, 11) is 0. The molecule has 1 saturated heterocycles. The van der Waals surface area contributed by atoms with Crippen molar-refractivity contribution in [3.05, 3.63) is 0 Å². The number of nitrogens with zero attached hydrogens (tertiary/aromatic N) is 1. The van der Waals surface area contributed by atoms with Crippen LogP contribution in [0.4, 0.5) is 13.2 Å². The van der Waals surface area contributed by atoms with Crippen molar-refractivity contribution in [1.82, 2.24) is 4.90 Å². The number of Topliss-reactive ketones (excluding diaryl/α,β-unsaturated/α-hetero) is 1. The monoisotopic (exact) mass is 277 g/mol. The molecule has 0 N–H and O–H groups in total. The molecule has 0 spiro atoms. The normalized spacial score (nSPS) is 28.8. The Bertz CT molecular complexity index is 367. The zero-order valence-electron chi connectivity index (χ0n) is 10.7. The van der Waals surface area contributed by atoms with Gasteiger partial charge in [0.05, 0.1) is 0 Å². The molecule has 0 aromatic heterocycles. The van der Waals surface area contributed by atoms with Crippen molar-refractivity contribution < 1.29 is 22.8 Å². The number of halogens is 3. The lowest BCUT2D eigenvalue weighted by Gasteiger charge is -2.39. The second kappa shape index (κ2) is 5.51. The number of hydrogen-bond acceptors (Lipinski definition) is 2. The zero-order valence-corrected chi connectivity index (χ0v) is 10.7. The Labute approximate surface area is 110 Å². The first-order valence-electron chi connectivity index (χ1n) is 6.77. The highest BCUT2D eigenvalue weighted by Gasteiger charge is 2.41. The number of hydrogen-bond donors (Lipinski definition) is 0. The molecule has 1 aliphatic carbocycles. The van der Waals surface area contributed by atoms with Gasteiger partial charge in [-0.1, -0.05) is 0 Å². The SMILES string of the molecule is O=C1CCCC1C1CCCCN1C(=O)CC(F)(F)F. The molecule has 6 heteroatoms. The molecule has 0 aromatic rings. The van der Waals surface area contributed by atoms with Crippen LogP contribution in [-0.4, -0.2) is 35.4 Å². The van der Waals surface area contributed by atoms with Gasteiger partial charge < -0.3 is 4.90 Å².